The molecule has 0 amide bonds. The summed E-state index contributed by atoms with van der Waals surface area (Å²) >= 11 is 1.92. The van der Waals surface area contributed by atoms with Crippen LogP contribution < -0.4 is 0 Å². The van der Waals surface area contributed by atoms with E-state index in [1.54, 1.807) is 0 Å². The van der Waals surface area contributed by atoms with Gasteiger partial charge in [0.15, 0.2) is 0 Å². The largest absolute Gasteiger partial charge is 0.135 e. The molecule has 0 nitrogen and oxygen atoms in total. The number of fused-ring (bicyclic) bond motifs is 11. The zero-order chi connectivity index (χ0) is 37.1. The number of hydrogen-bond donors (Lipinski definition) is 0. The monoisotopic (exact) mass is 728 g/mol. The lowest BCUT2D eigenvalue weighted by Crippen LogP contribution is -2.15. The molecule has 0 unspecified atom stereocenters. The summed E-state index contributed by atoms with van der Waals surface area (Å²) in [6.45, 7) is 4.82. The molecular weight excluding hydrogens is 693 g/mol. The highest BCUT2D eigenvalue weighted by Crippen LogP contribution is 2.53. The van der Waals surface area contributed by atoms with Crippen molar-refractivity contribution < 1.29 is 0 Å². The fourth-order valence-electron chi connectivity index (χ4n) is 10.0. The van der Waals surface area contributed by atoms with Gasteiger partial charge in [-0.25, -0.2) is 0 Å². The van der Waals surface area contributed by atoms with Crippen LogP contribution in [0.1, 0.15) is 25.0 Å². The summed E-state index contributed by atoms with van der Waals surface area (Å²) in [6, 6.07) is 68.2. The molecule has 11 aromatic rings. The molecule has 262 valence electrons. The number of benzene rings is 10. The van der Waals surface area contributed by atoms with Crippen LogP contribution in [0.2, 0.25) is 0 Å². The highest BCUT2D eigenvalue weighted by molar-refractivity contribution is 7.26. The van der Waals surface area contributed by atoms with Crippen molar-refractivity contribution in [2.24, 2.45) is 0 Å². The van der Waals surface area contributed by atoms with Crippen LogP contribution in [0, 0.1) is 0 Å². The van der Waals surface area contributed by atoms with Crippen LogP contribution in [0.15, 0.2) is 182 Å². The van der Waals surface area contributed by atoms with Crippen LogP contribution in [0.4, 0.5) is 0 Å². The molecule has 1 aromatic heterocycles. The fourth-order valence-corrected chi connectivity index (χ4v) is 11.2. The van der Waals surface area contributed by atoms with Gasteiger partial charge in [-0.15, -0.1) is 11.3 Å². The van der Waals surface area contributed by atoms with Gasteiger partial charge < -0.3 is 0 Å². The van der Waals surface area contributed by atoms with Crippen LogP contribution >= 0.6 is 11.3 Å². The molecule has 0 bridgehead atoms. The molecule has 12 rings (SSSR count). The lowest BCUT2D eigenvalue weighted by molar-refractivity contribution is 0.661. The summed E-state index contributed by atoms with van der Waals surface area (Å²) in [4.78, 5) is 0. The smallest absolute Gasteiger partial charge is 0.0361 e. The van der Waals surface area contributed by atoms with Crippen molar-refractivity contribution >= 4 is 74.6 Å². The predicted octanol–water partition coefficient (Wildman–Crippen LogP) is 16.0. The Morgan fingerprint density at radius 3 is 1.61 bits per heavy atom. The van der Waals surface area contributed by atoms with E-state index in [4.69, 9.17) is 0 Å². The van der Waals surface area contributed by atoms with Crippen LogP contribution in [0.25, 0.3) is 108 Å². The first-order valence-electron chi connectivity index (χ1n) is 19.6. The predicted molar refractivity (Wildman–Crippen MR) is 243 cm³/mol. The lowest BCUT2D eigenvalue weighted by Gasteiger charge is -2.22. The van der Waals surface area contributed by atoms with Crippen molar-refractivity contribution in [2.45, 2.75) is 19.3 Å². The Kier molecular flexibility index (Phi) is 6.66. The second-order valence-electron chi connectivity index (χ2n) is 16.0. The van der Waals surface area contributed by atoms with Gasteiger partial charge in [-0.3, -0.25) is 0 Å². The lowest BCUT2D eigenvalue weighted by atomic mass is 9.81. The SMILES string of the molecule is CC1(C)c2cc(-c3ccc(-c4c5ccccc5c(-c5ccccc5)c5ccccc45)c4ccccc34)ccc2-c2cc3c(cc21)sc1ccc2ccccc2c13. The average molecular weight is 729 g/mol. The van der Waals surface area contributed by atoms with E-state index in [-0.39, 0.29) is 5.41 Å². The third-order valence-electron chi connectivity index (χ3n) is 12.7. The van der Waals surface area contributed by atoms with E-state index in [9.17, 15) is 0 Å². The molecule has 0 radical (unpaired) electrons. The van der Waals surface area contributed by atoms with E-state index >= 15 is 0 Å². The zero-order valence-electron chi connectivity index (χ0n) is 31.2. The average Bonchev–Trinajstić information content (AvgIpc) is 3.73. The van der Waals surface area contributed by atoms with Crippen molar-refractivity contribution in [1.29, 1.82) is 0 Å². The fraction of sp³-hybridized carbons (Fsp3) is 0.0545. The first kappa shape index (κ1) is 31.8. The number of thiophene rings is 1. The summed E-state index contributed by atoms with van der Waals surface area (Å²) in [5.74, 6) is 0. The molecule has 1 aliphatic carbocycles. The van der Waals surface area contributed by atoms with E-state index in [0.717, 1.165) is 0 Å². The molecule has 0 saturated carbocycles. The summed E-state index contributed by atoms with van der Waals surface area (Å²) in [5, 5.41) is 13.1. The van der Waals surface area contributed by atoms with Crippen LogP contribution in [-0.2, 0) is 5.41 Å². The van der Waals surface area contributed by atoms with Gasteiger partial charge in [-0.05, 0) is 123 Å². The molecule has 10 aromatic carbocycles. The Hall–Kier alpha value is -6.54. The Morgan fingerprint density at radius 2 is 0.893 bits per heavy atom. The quantitative estimate of drug-likeness (QED) is 0.159. The minimum atomic E-state index is -0.124. The molecule has 1 heteroatoms. The first-order valence-corrected chi connectivity index (χ1v) is 20.4. The molecule has 56 heavy (non-hydrogen) atoms. The second kappa shape index (κ2) is 11.7. The molecule has 0 spiro atoms. The van der Waals surface area contributed by atoms with E-state index in [1.165, 1.54) is 119 Å². The molecule has 1 aliphatic rings. The van der Waals surface area contributed by atoms with Crippen molar-refractivity contribution in [3.05, 3.63) is 193 Å². The summed E-state index contributed by atoms with van der Waals surface area (Å²) in [5.41, 5.74) is 13.1. The third kappa shape index (κ3) is 4.41. The molecule has 0 atom stereocenters. The summed E-state index contributed by atoms with van der Waals surface area (Å²) in [7, 11) is 0. The standard InChI is InChI=1S/C55H36S/c1-55(2)48-30-35(24-26-40(48)46-31-47-51(32-49(46)55)56-50-29-25-33-14-6-7-17-37(33)54(47)50)36-27-28-45(39-19-9-8-18-38(36)39)53-43-22-12-10-20-41(43)52(34-15-4-3-5-16-34)42-21-11-13-23-44(42)53/h3-32H,1-2H3. The normalized spacial score (nSPS) is 13.3. The van der Waals surface area contributed by atoms with Gasteiger partial charge in [-0.2, -0.15) is 0 Å². The second-order valence-corrected chi connectivity index (χ2v) is 17.0. The van der Waals surface area contributed by atoms with E-state index in [1.807, 2.05) is 11.3 Å². The van der Waals surface area contributed by atoms with E-state index < -0.39 is 0 Å². The Bertz CT molecular complexity index is 3380. The van der Waals surface area contributed by atoms with Gasteiger partial charge in [0.25, 0.3) is 0 Å². The van der Waals surface area contributed by atoms with E-state index in [0.29, 0.717) is 0 Å². The number of hydrogen-bond acceptors (Lipinski definition) is 1. The zero-order valence-corrected chi connectivity index (χ0v) is 32.0. The number of rotatable bonds is 3. The minimum absolute atomic E-state index is 0.124. The maximum absolute atomic E-state index is 2.49. The maximum Gasteiger partial charge on any atom is 0.0361 e. The molecule has 1 heterocycles. The first-order chi connectivity index (χ1) is 27.5. The molecule has 0 saturated heterocycles. The molecule has 0 N–H and O–H groups in total. The van der Waals surface area contributed by atoms with Gasteiger partial charge in [0.1, 0.15) is 0 Å². The van der Waals surface area contributed by atoms with Crippen LogP contribution in [0.3, 0.4) is 0 Å². The van der Waals surface area contributed by atoms with Crippen LogP contribution in [0.5, 0.6) is 0 Å². The summed E-state index contributed by atoms with van der Waals surface area (Å²) < 4.78 is 2.73. The topological polar surface area (TPSA) is 0 Å². The van der Waals surface area contributed by atoms with Crippen molar-refractivity contribution in [3.8, 4) is 44.5 Å². The van der Waals surface area contributed by atoms with Gasteiger partial charge in [0.05, 0.1) is 0 Å². The van der Waals surface area contributed by atoms with Gasteiger partial charge in [0, 0.05) is 25.6 Å². The highest BCUT2D eigenvalue weighted by Gasteiger charge is 2.36. The Labute approximate surface area is 329 Å². The Balaban J connectivity index is 1.05. The maximum atomic E-state index is 2.49. The van der Waals surface area contributed by atoms with Crippen molar-refractivity contribution in [2.75, 3.05) is 0 Å². The van der Waals surface area contributed by atoms with Gasteiger partial charge in [0.2, 0.25) is 0 Å². The van der Waals surface area contributed by atoms with Gasteiger partial charge in [-0.1, -0.05) is 172 Å². The highest BCUT2D eigenvalue weighted by atomic mass is 32.1. The molecule has 0 fully saturated rings. The Morgan fingerprint density at radius 1 is 0.339 bits per heavy atom. The minimum Gasteiger partial charge on any atom is -0.135 e. The summed E-state index contributed by atoms with van der Waals surface area (Å²) in [6.07, 6.45) is 0. The van der Waals surface area contributed by atoms with E-state index in [2.05, 4.69) is 196 Å². The van der Waals surface area contributed by atoms with Gasteiger partial charge >= 0.3 is 0 Å². The third-order valence-corrected chi connectivity index (χ3v) is 13.8. The molecule has 0 aliphatic heterocycles. The van der Waals surface area contributed by atoms with Crippen molar-refractivity contribution in [1.82, 2.24) is 0 Å². The van der Waals surface area contributed by atoms with Crippen LogP contribution in [-0.4, -0.2) is 0 Å². The molecular formula is C55H36S. The van der Waals surface area contributed by atoms with Crippen molar-refractivity contribution in [3.63, 3.8) is 0 Å².